The van der Waals surface area contributed by atoms with Gasteiger partial charge in [-0.25, -0.2) is 13.6 Å². The van der Waals surface area contributed by atoms with Gasteiger partial charge in [-0.2, -0.15) is 0 Å². The van der Waals surface area contributed by atoms with Crippen LogP contribution in [0.15, 0.2) is 23.1 Å². The van der Waals surface area contributed by atoms with E-state index in [0.29, 0.717) is 25.2 Å². The molecule has 0 aliphatic carbocycles. The van der Waals surface area contributed by atoms with Crippen molar-refractivity contribution in [2.45, 2.75) is 11.3 Å². The Labute approximate surface area is 135 Å². The van der Waals surface area contributed by atoms with Crippen LogP contribution < -0.4 is 10.0 Å². The van der Waals surface area contributed by atoms with Gasteiger partial charge in [0, 0.05) is 57.0 Å². The van der Waals surface area contributed by atoms with E-state index in [-0.39, 0.29) is 10.6 Å². The lowest BCUT2D eigenvalue weighted by Crippen LogP contribution is -2.46. The molecule has 1 saturated heterocycles. The van der Waals surface area contributed by atoms with Gasteiger partial charge in [-0.05, 0) is 6.07 Å². The van der Waals surface area contributed by atoms with Crippen molar-refractivity contribution in [3.05, 3.63) is 28.3 Å². The van der Waals surface area contributed by atoms with Gasteiger partial charge in [-0.15, -0.1) is 12.3 Å². The quantitative estimate of drug-likeness (QED) is 0.472. The molecule has 0 unspecified atom stereocenters. The summed E-state index contributed by atoms with van der Waals surface area (Å²) >= 11 is 0. The Morgan fingerprint density at radius 2 is 1.91 bits per heavy atom. The number of terminal acetylenes is 1. The van der Waals surface area contributed by atoms with E-state index < -0.39 is 14.9 Å². The van der Waals surface area contributed by atoms with Crippen molar-refractivity contribution in [3.8, 4) is 12.3 Å². The van der Waals surface area contributed by atoms with Gasteiger partial charge in [0.15, 0.2) is 0 Å². The van der Waals surface area contributed by atoms with Crippen LogP contribution in [0.1, 0.15) is 6.42 Å². The topological polar surface area (TPSA) is 110 Å². The van der Waals surface area contributed by atoms with Gasteiger partial charge >= 0.3 is 0 Å². The number of hydrogen-bond acceptors (Lipinski definition) is 6. The summed E-state index contributed by atoms with van der Waals surface area (Å²) < 4.78 is 23.0. The zero-order valence-corrected chi connectivity index (χ0v) is 13.3. The second-order valence-electron chi connectivity index (χ2n) is 5.27. The standard InChI is InChI=1S/C14H18N4O4S/c1-2-3-4-16-5-7-17(8-6-16)12-9-13(18(19)20)11-14(10-12)23(15,21)22/h1,9-11H,3-8H2,(H2,15,21,22). The Bertz CT molecular complexity index is 734. The highest BCUT2D eigenvalue weighted by Gasteiger charge is 2.22. The van der Waals surface area contributed by atoms with E-state index in [9.17, 15) is 18.5 Å². The number of primary sulfonamides is 1. The van der Waals surface area contributed by atoms with E-state index in [0.717, 1.165) is 25.7 Å². The van der Waals surface area contributed by atoms with Crippen LogP contribution >= 0.6 is 0 Å². The zero-order chi connectivity index (χ0) is 17.0. The molecule has 0 bridgehead atoms. The molecule has 2 N–H and O–H groups in total. The highest BCUT2D eigenvalue weighted by Crippen LogP contribution is 2.27. The summed E-state index contributed by atoms with van der Waals surface area (Å²) in [5, 5.41) is 16.1. The molecular weight excluding hydrogens is 320 g/mol. The van der Waals surface area contributed by atoms with Crippen LogP contribution in [0.2, 0.25) is 0 Å². The lowest BCUT2D eigenvalue weighted by molar-refractivity contribution is -0.385. The molecule has 0 radical (unpaired) electrons. The Morgan fingerprint density at radius 1 is 1.26 bits per heavy atom. The molecule has 8 nitrogen and oxygen atoms in total. The summed E-state index contributed by atoms with van der Waals surface area (Å²) in [5.74, 6) is 2.59. The first kappa shape index (κ1) is 17.2. The fraction of sp³-hybridized carbons (Fsp3) is 0.429. The van der Waals surface area contributed by atoms with Gasteiger partial charge in [0.25, 0.3) is 5.69 Å². The van der Waals surface area contributed by atoms with Crippen LogP contribution in [0, 0.1) is 22.5 Å². The van der Waals surface area contributed by atoms with E-state index in [1.54, 1.807) is 0 Å². The number of nitrogens with two attached hydrogens (primary N) is 1. The average Bonchev–Trinajstić information content (AvgIpc) is 2.52. The minimum absolute atomic E-state index is 0.253. The minimum Gasteiger partial charge on any atom is -0.369 e. The number of piperazine rings is 1. The van der Waals surface area contributed by atoms with Crippen LogP contribution in [0.5, 0.6) is 0 Å². The molecule has 0 atom stereocenters. The normalized spacial score (nSPS) is 16.1. The molecular formula is C14H18N4O4S. The Kier molecular flexibility index (Phi) is 5.20. The van der Waals surface area contributed by atoms with E-state index in [1.807, 2.05) is 4.90 Å². The third kappa shape index (κ3) is 4.41. The molecule has 1 fully saturated rings. The molecule has 1 aromatic rings. The molecule has 124 valence electrons. The van der Waals surface area contributed by atoms with Gasteiger partial charge in [0.1, 0.15) is 0 Å². The molecule has 1 aliphatic heterocycles. The molecule has 1 aliphatic rings. The van der Waals surface area contributed by atoms with Gasteiger partial charge in [0.2, 0.25) is 10.0 Å². The van der Waals surface area contributed by atoms with E-state index in [1.165, 1.54) is 12.1 Å². The number of nitro groups is 1. The summed E-state index contributed by atoms with van der Waals surface area (Å²) in [7, 11) is -4.01. The molecule has 0 spiro atoms. The number of rotatable bonds is 5. The predicted molar refractivity (Wildman–Crippen MR) is 86.6 cm³/mol. The van der Waals surface area contributed by atoms with E-state index >= 15 is 0 Å². The first-order chi connectivity index (χ1) is 10.8. The Balaban J connectivity index is 2.22. The summed E-state index contributed by atoms with van der Waals surface area (Å²) in [6, 6.07) is 3.72. The fourth-order valence-electron chi connectivity index (χ4n) is 2.47. The monoisotopic (exact) mass is 338 g/mol. The summed E-state index contributed by atoms with van der Waals surface area (Å²) in [6.45, 7) is 3.59. The third-order valence-corrected chi connectivity index (χ3v) is 4.62. The predicted octanol–water partition coefficient (Wildman–Crippen LogP) is 0.388. The van der Waals surface area contributed by atoms with Crippen LogP contribution in [0.4, 0.5) is 11.4 Å². The number of nitrogens with zero attached hydrogens (tertiary/aromatic N) is 3. The van der Waals surface area contributed by atoms with E-state index in [2.05, 4.69) is 10.8 Å². The number of sulfonamides is 1. The van der Waals surface area contributed by atoms with Gasteiger partial charge < -0.3 is 4.90 Å². The Morgan fingerprint density at radius 3 is 2.43 bits per heavy atom. The molecule has 9 heteroatoms. The second-order valence-corrected chi connectivity index (χ2v) is 6.83. The van der Waals surface area contributed by atoms with Gasteiger partial charge in [0.05, 0.1) is 9.82 Å². The van der Waals surface area contributed by atoms with Crippen molar-refractivity contribution in [2.24, 2.45) is 5.14 Å². The molecule has 0 amide bonds. The van der Waals surface area contributed by atoms with Crippen LogP contribution in [-0.4, -0.2) is 51.0 Å². The molecule has 23 heavy (non-hydrogen) atoms. The van der Waals surface area contributed by atoms with Crippen LogP contribution in [0.3, 0.4) is 0 Å². The number of nitro benzene ring substituents is 1. The maximum Gasteiger partial charge on any atom is 0.272 e. The number of non-ortho nitro benzene ring substituents is 1. The zero-order valence-electron chi connectivity index (χ0n) is 12.5. The third-order valence-electron chi connectivity index (χ3n) is 3.73. The van der Waals surface area contributed by atoms with Crippen molar-refractivity contribution >= 4 is 21.4 Å². The summed E-state index contributed by atoms with van der Waals surface area (Å²) in [5.41, 5.74) is 0.195. The molecule has 1 heterocycles. The van der Waals surface area contributed by atoms with Crippen molar-refractivity contribution < 1.29 is 13.3 Å². The highest BCUT2D eigenvalue weighted by molar-refractivity contribution is 7.89. The number of hydrogen-bond donors (Lipinski definition) is 1. The van der Waals surface area contributed by atoms with Crippen molar-refractivity contribution in [1.82, 2.24) is 4.90 Å². The van der Waals surface area contributed by atoms with Crippen LogP contribution in [0.25, 0.3) is 0 Å². The molecule has 1 aromatic carbocycles. The molecule has 0 aromatic heterocycles. The van der Waals surface area contributed by atoms with Crippen LogP contribution in [-0.2, 0) is 10.0 Å². The van der Waals surface area contributed by atoms with Gasteiger partial charge in [-0.1, -0.05) is 0 Å². The average molecular weight is 338 g/mol. The van der Waals surface area contributed by atoms with Gasteiger partial charge in [-0.3, -0.25) is 15.0 Å². The number of benzene rings is 1. The maximum absolute atomic E-state index is 11.5. The van der Waals surface area contributed by atoms with E-state index in [4.69, 9.17) is 11.6 Å². The lowest BCUT2D eigenvalue weighted by atomic mass is 10.2. The smallest absolute Gasteiger partial charge is 0.272 e. The second kappa shape index (κ2) is 6.95. The van der Waals surface area contributed by atoms with Crippen molar-refractivity contribution in [1.29, 1.82) is 0 Å². The van der Waals surface area contributed by atoms with Crippen molar-refractivity contribution in [3.63, 3.8) is 0 Å². The maximum atomic E-state index is 11.5. The SMILES string of the molecule is C#CCCN1CCN(c2cc([N+](=O)[O-])cc(S(N)(=O)=O)c2)CC1. The Hall–Kier alpha value is -2.15. The van der Waals surface area contributed by atoms with Crippen molar-refractivity contribution in [2.75, 3.05) is 37.6 Å². The summed E-state index contributed by atoms with van der Waals surface area (Å²) in [4.78, 5) is 14.2. The lowest BCUT2D eigenvalue weighted by Gasteiger charge is -2.35. The summed E-state index contributed by atoms with van der Waals surface area (Å²) in [6.07, 6.45) is 5.92. The highest BCUT2D eigenvalue weighted by atomic mass is 32.2. The first-order valence-electron chi connectivity index (χ1n) is 7.04. The number of anilines is 1. The first-order valence-corrected chi connectivity index (χ1v) is 8.59. The molecule has 0 saturated carbocycles. The minimum atomic E-state index is -4.01. The largest absolute Gasteiger partial charge is 0.369 e. The fourth-order valence-corrected chi connectivity index (χ4v) is 3.04. The molecule has 2 rings (SSSR count).